The Balaban J connectivity index is 1.84. The minimum atomic E-state index is -0.322. The van der Waals surface area contributed by atoms with Crippen LogP contribution in [0.3, 0.4) is 0 Å². The number of imide groups is 1. The summed E-state index contributed by atoms with van der Waals surface area (Å²) in [7, 11) is 5.18. The second kappa shape index (κ2) is 8.43. The van der Waals surface area contributed by atoms with Crippen LogP contribution in [-0.2, 0) is 9.59 Å². The highest BCUT2D eigenvalue weighted by molar-refractivity contribution is 6.45. The van der Waals surface area contributed by atoms with Gasteiger partial charge in [-0.15, -0.1) is 0 Å². The van der Waals surface area contributed by atoms with Crippen LogP contribution in [-0.4, -0.2) is 69.1 Å². The normalized spacial score (nSPS) is 17.5. The molecule has 2 aliphatic heterocycles. The number of likely N-dealkylation sites (N-methyl/N-ethyl adjacent to an activating group) is 1. The zero-order valence-electron chi connectivity index (χ0n) is 18.3. The third-order valence-corrected chi connectivity index (χ3v) is 5.81. The summed E-state index contributed by atoms with van der Waals surface area (Å²) in [5.41, 5.74) is 3.06. The molecule has 7 nitrogen and oxygen atoms in total. The molecule has 0 radical (unpaired) electrons. The lowest BCUT2D eigenvalue weighted by atomic mass is 10.0. The van der Waals surface area contributed by atoms with Gasteiger partial charge in [-0.25, -0.2) is 4.90 Å². The zero-order chi connectivity index (χ0) is 22.1. The summed E-state index contributed by atoms with van der Waals surface area (Å²) in [6.07, 6.45) is 0. The van der Waals surface area contributed by atoms with E-state index in [9.17, 15) is 9.59 Å². The molecule has 31 heavy (non-hydrogen) atoms. The number of benzene rings is 2. The van der Waals surface area contributed by atoms with Gasteiger partial charge in [0.25, 0.3) is 11.8 Å². The third kappa shape index (κ3) is 3.77. The quantitative estimate of drug-likeness (QED) is 0.692. The number of ether oxygens (including phenoxy) is 2. The van der Waals surface area contributed by atoms with Crippen molar-refractivity contribution in [2.45, 2.75) is 6.92 Å². The molecular weight excluding hydrogens is 394 g/mol. The minimum Gasteiger partial charge on any atom is -0.493 e. The summed E-state index contributed by atoms with van der Waals surface area (Å²) >= 11 is 0. The van der Waals surface area contributed by atoms with Crippen LogP contribution in [0, 0.1) is 6.92 Å². The van der Waals surface area contributed by atoms with E-state index in [2.05, 4.69) is 11.9 Å². The van der Waals surface area contributed by atoms with E-state index in [-0.39, 0.29) is 11.8 Å². The van der Waals surface area contributed by atoms with E-state index in [0.29, 0.717) is 47.1 Å². The number of aryl methyl sites for hydroxylation is 1. The van der Waals surface area contributed by atoms with E-state index >= 15 is 0 Å². The van der Waals surface area contributed by atoms with Crippen LogP contribution in [0.4, 0.5) is 5.69 Å². The predicted octanol–water partition coefficient (Wildman–Crippen LogP) is 2.54. The molecule has 0 saturated carbocycles. The Bertz CT molecular complexity index is 1050. The van der Waals surface area contributed by atoms with Gasteiger partial charge in [-0.3, -0.25) is 9.59 Å². The van der Waals surface area contributed by atoms with Crippen molar-refractivity contribution in [3.05, 3.63) is 59.3 Å². The number of nitrogens with zero attached hydrogens (tertiary/aromatic N) is 3. The maximum absolute atomic E-state index is 13.6. The van der Waals surface area contributed by atoms with Gasteiger partial charge in [0.15, 0.2) is 11.5 Å². The van der Waals surface area contributed by atoms with E-state index < -0.39 is 0 Å². The fourth-order valence-electron chi connectivity index (χ4n) is 4.10. The molecule has 0 bridgehead atoms. The SMILES string of the molecule is COc1ccc(C2=C(N3CCN(C)CC3)C(=O)N(c3cccc(C)c3)C2=O)cc1OC. The van der Waals surface area contributed by atoms with Crippen LogP contribution in [0.2, 0.25) is 0 Å². The first-order chi connectivity index (χ1) is 14.9. The Morgan fingerprint density at radius 1 is 0.839 bits per heavy atom. The van der Waals surface area contributed by atoms with E-state index in [1.807, 2.05) is 30.0 Å². The third-order valence-electron chi connectivity index (χ3n) is 5.81. The van der Waals surface area contributed by atoms with Crippen LogP contribution in [0.15, 0.2) is 48.2 Å². The number of anilines is 1. The van der Waals surface area contributed by atoms with E-state index in [0.717, 1.165) is 18.7 Å². The molecule has 0 aromatic heterocycles. The molecule has 4 rings (SSSR count). The number of carbonyl (C=O) groups excluding carboxylic acids is 2. The van der Waals surface area contributed by atoms with Crippen LogP contribution >= 0.6 is 0 Å². The van der Waals surface area contributed by atoms with Crippen molar-refractivity contribution < 1.29 is 19.1 Å². The number of carbonyl (C=O) groups is 2. The molecule has 162 valence electrons. The number of piperazine rings is 1. The highest BCUT2D eigenvalue weighted by Gasteiger charge is 2.43. The zero-order valence-corrected chi connectivity index (χ0v) is 18.3. The summed E-state index contributed by atoms with van der Waals surface area (Å²) in [5.74, 6) is 0.474. The highest BCUT2D eigenvalue weighted by Crippen LogP contribution is 2.38. The minimum absolute atomic E-state index is 0.287. The molecule has 2 heterocycles. The van der Waals surface area contributed by atoms with Gasteiger partial charge in [0.05, 0.1) is 25.5 Å². The lowest BCUT2D eigenvalue weighted by Gasteiger charge is -2.34. The van der Waals surface area contributed by atoms with Crippen LogP contribution in [0.1, 0.15) is 11.1 Å². The average molecular weight is 421 g/mol. The maximum Gasteiger partial charge on any atom is 0.282 e. The number of methoxy groups -OCH3 is 2. The first kappa shape index (κ1) is 20.9. The largest absolute Gasteiger partial charge is 0.493 e. The van der Waals surface area contributed by atoms with Crippen molar-refractivity contribution in [1.29, 1.82) is 0 Å². The summed E-state index contributed by atoms with van der Waals surface area (Å²) < 4.78 is 10.8. The topological polar surface area (TPSA) is 62.3 Å². The Morgan fingerprint density at radius 3 is 2.19 bits per heavy atom. The molecule has 0 spiro atoms. The summed E-state index contributed by atoms with van der Waals surface area (Å²) in [6, 6.07) is 12.8. The van der Waals surface area contributed by atoms with Crippen LogP contribution in [0.25, 0.3) is 5.57 Å². The number of rotatable bonds is 5. The molecule has 1 saturated heterocycles. The van der Waals surface area contributed by atoms with Gasteiger partial charge in [-0.05, 0) is 49.4 Å². The highest BCUT2D eigenvalue weighted by atomic mass is 16.5. The van der Waals surface area contributed by atoms with Gasteiger partial charge < -0.3 is 19.3 Å². The van der Waals surface area contributed by atoms with Crippen molar-refractivity contribution in [3.8, 4) is 11.5 Å². The molecule has 0 unspecified atom stereocenters. The molecule has 2 aromatic rings. The lowest BCUT2D eigenvalue weighted by molar-refractivity contribution is -0.120. The Labute approximate surface area is 182 Å². The van der Waals surface area contributed by atoms with E-state index in [1.165, 1.54) is 4.90 Å². The standard InChI is InChI=1S/C24H27N3O4/c1-16-6-5-7-18(14-16)27-23(28)21(17-8-9-19(30-3)20(15-17)31-4)22(24(27)29)26-12-10-25(2)11-13-26/h5-9,14-15H,10-13H2,1-4H3. The average Bonchev–Trinajstić information content (AvgIpc) is 3.03. The first-order valence-corrected chi connectivity index (χ1v) is 10.3. The Hall–Kier alpha value is -3.32. The molecular formula is C24H27N3O4. The first-order valence-electron chi connectivity index (χ1n) is 10.3. The summed E-state index contributed by atoms with van der Waals surface area (Å²) in [4.78, 5) is 32.8. The maximum atomic E-state index is 13.6. The van der Waals surface area contributed by atoms with Gasteiger partial charge in [-0.2, -0.15) is 0 Å². The fraction of sp³-hybridized carbons (Fsp3) is 0.333. The van der Waals surface area contributed by atoms with Crippen LogP contribution < -0.4 is 14.4 Å². The van der Waals surface area contributed by atoms with Gasteiger partial charge in [-0.1, -0.05) is 18.2 Å². The Morgan fingerprint density at radius 2 is 1.55 bits per heavy atom. The summed E-state index contributed by atoms with van der Waals surface area (Å²) in [5, 5.41) is 0. The molecule has 2 aromatic carbocycles. The smallest absolute Gasteiger partial charge is 0.282 e. The van der Waals surface area contributed by atoms with Crippen molar-refractivity contribution in [2.24, 2.45) is 0 Å². The monoisotopic (exact) mass is 421 g/mol. The number of hydrogen-bond donors (Lipinski definition) is 0. The fourth-order valence-corrected chi connectivity index (χ4v) is 4.10. The van der Waals surface area contributed by atoms with Gasteiger partial charge in [0.2, 0.25) is 0 Å². The molecule has 7 heteroatoms. The molecule has 0 N–H and O–H groups in total. The molecule has 2 aliphatic rings. The number of hydrogen-bond acceptors (Lipinski definition) is 6. The van der Waals surface area contributed by atoms with Gasteiger partial charge in [0.1, 0.15) is 5.70 Å². The molecule has 1 fully saturated rings. The second-order valence-electron chi connectivity index (χ2n) is 7.87. The number of amides is 2. The van der Waals surface area contributed by atoms with Crippen molar-refractivity contribution in [3.63, 3.8) is 0 Å². The predicted molar refractivity (Wildman–Crippen MR) is 119 cm³/mol. The van der Waals surface area contributed by atoms with Crippen LogP contribution in [0.5, 0.6) is 11.5 Å². The van der Waals surface area contributed by atoms with Crippen molar-refractivity contribution in [2.75, 3.05) is 52.3 Å². The van der Waals surface area contributed by atoms with Crippen molar-refractivity contribution in [1.82, 2.24) is 9.80 Å². The summed E-state index contributed by atoms with van der Waals surface area (Å²) in [6.45, 7) is 4.97. The second-order valence-corrected chi connectivity index (χ2v) is 7.87. The van der Waals surface area contributed by atoms with Crippen molar-refractivity contribution >= 4 is 23.1 Å². The molecule has 2 amide bonds. The Kier molecular flexibility index (Phi) is 5.69. The lowest BCUT2D eigenvalue weighted by Crippen LogP contribution is -2.46. The molecule has 0 aliphatic carbocycles. The molecule has 0 atom stereocenters. The van der Waals surface area contributed by atoms with E-state index in [1.54, 1.807) is 38.5 Å². The van der Waals surface area contributed by atoms with Gasteiger partial charge >= 0.3 is 0 Å². The van der Waals surface area contributed by atoms with E-state index in [4.69, 9.17) is 9.47 Å². The van der Waals surface area contributed by atoms with Gasteiger partial charge in [0, 0.05) is 26.2 Å².